The minimum absolute atomic E-state index is 0. The van der Waals surface area contributed by atoms with Crippen molar-refractivity contribution in [2.24, 2.45) is 11.8 Å². The molecular formula is C26H36ClN3O3. The van der Waals surface area contributed by atoms with E-state index in [9.17, 15) is 4.79 Å². The van der Waals surface area contributed by atoms with Crippen molar-refractivity contribution >= 4 is 24.0 Å². The van der Waals surface area contributed by atoms with Crippen molar-refractivity contribution in [3.05, 3.63) is 54.1 Å². The van der Waals surface area contributed by atoms with Gasteiger partial charge in [0.25, 0.3) is 0 Å². The van der Waals surface area contributed by atoms with Crippen LogP contribution >= 0.6 is 12.4 Å². The molecule has 2 aliphatic rings. The summed E-state index contributed by atoms with van der Waals surface area (Å²) in [6.07, 6.45) is 3.33. The normalized spacial score (nSPS) is 21.9. The van der Waals surface area contributed by atoms with Gasteiger partial charge in [-0.05, 0) is 87.3 Å². The van der Waals surface area contributed by atoms with Crippen LogP contribution in [0.4, 0.5) is 5.69 Å². The van der Waals surface area contributed by atoms with E-state index in [1.165, 1.54) is 18.4 Å². The Labute approximate surface area is 203 Å². The zero-order valence-electron chi connectivity index (χ0n) is 19.8. The summed E-state index contributed by atoms with van der Waals surface area (Å²) in [5, 5.41) is 3.08. The quantitative estimate of drug-likeness (QED) is 0.649. The lowest BCUT2D eigenvalue weighted by Crippen LogP contribution is -2.41. The Morgan fingerprint density at radius 1 is 0.970 bits per heavy atom. The average molecular weight is 474 g/mol. The highest BCUT2D eigenvalue weighted by Crippen LogP contribution is 2.34. The molecule has 2 aromatic carbocycles. The highest BCUT2D eigenvalue weighted by molar-refractivity contribution is 5.93. The molecule has 33 heavy (non-hydrogen) atoms. The fourth-order valence-electron chi connectivity index (χ4n) is 5.17. The molecule has 2 fully saturated rings. The molecule has 0 aromatic heterocycles. The number of hydrogen-bond donors (Lipinski definition) is 1. The molecule has 2 aliphatic heterocycles. The third-order valence-corrected chi connectivity index (χ3v) is 7.07. The number of hydrogen-bond acceptors (Lipinski definition) is 5. The summed E-state index contributed by atoms with van der Waals surface area (Å²) < 4.78 is 10.4. The number of anilines is 1. The average Bonchev–Trinajstić information content (AvgIpc) is 3.22. The third-order valence-electron chi connectivity index (χ3n) is 7.07. The van der Waals surface area contributed by atoms with E-state index in [-0.39, 0.29) is 24.2 Å². The molecule has 1 amide bonds. The minimum atomic E-state index is 0. The van der Waals surface area contributed by atoms with Crippen molar-refractivity contribution in [2.75, 3.05) is 46.2 Å². The lowest BCUT2D eigenvalue weighted by Gasteiger charge is -2.37. The Morgan fingerprint density at radius 3 is 2.12 bits per heavy atom. The van der Waals surface area contributed by atoms with Crippen LogP contribution in [0.3, 0.4) is 0 Å². The molecule has 0 radical (unpaired) electrons. The van der Waals surface area contributed by atoms with Crippen molar-refractivity contribution in [3.63, 3.8) is 0 Å². The van der Waals surface area contributed by atoms with Gasteiger partial charge in [-0.15, -0.1) is 12.4 Å². The van der Waals surface area contributed by atoms with Crippen LogP contribution in [0.15, 0.2) is 48.5 Å². The van der Waals surface area contributed by atoms with Crippen molar-refractivity contribution in [1.82, 2.24) is 9.80 Å². The molecule has 2 saturated heterocycles. The second-order valence-corrected chi connectivity index (χ2v) is 9.12. The number of carbonyl (C=O) groups is 1. The van der Waals surface area contributed by atoms with E-state index < -0.39 is 0 Å². The molecule has 0 saturated carbocycles. The number of piperidine rings is 1. The smallest absolute Gasteiger partial charge is 0.228 e. The molecule has 1 N–H and O–H groups in total. The lowest BCUT2D eigenvalue weighted by molar-refractivity contribution is -0.119. The standard InChI is InChI=1S/C26H35N3O3.ClH/c1-28-18-21(26(30)27-22-6-10-24(32-3)11-7-22)16-25(28)20-12-14-29(15-13-20)17-19-4-8-23(31-2)9-5-19;/h4-11,20-21,25H,12-18H2,1-3H3,(H,27,30);1H. The molecule has 2 atom stereocenters. The molecule has 4 rings (SSSR count). The number of nitrogens with one attached hydrogen (secondary N) is 1. The van der Waals surface area contributed by atoms with E-state index in [1.807, 2.05) is 36.4 Å². The number of likely N-dealkylation sites (tertiary alicyclic amines) is 2. The first-order valence-corrected chi connectivity index (χ1v) is 11.6. The molecule has 0 spiro atoms. The molecule has 2 unspecified atom stereocenters. The van der Waals surface area contributed by atoms with E-state index in [1.54, 1.807) is 14.2 Å². The minimum Gasteiger partial charge on any atom is -0.497 e. The second kappa shape index (κ2) is 11.7. The summed E-state index contributed by atoms with van der Waals surface area (Å²) >= 11 is 0. The molecule has 7 heteroatoms. The van der Waals surface area contributed by atoms with Crippen molar-refractivity contribution < 1.29 is 14.3 Å². The number of rotatable bonds is 7. The zero-order chi connectivity index (χ0) is 22.5. The Balaban J connectivity index is 0.00000306. The number of halogens is 1. The molecular weight excluding hydrogens is 438 g/mol. The highest BCUT2D eigenvalue weighted by Gasteiger charge is 2.39. The number of methoxy groups -OCH3 is 2. The van der Waals surface area contributed by atoms with Gasteiger partial charge in [-0.3, -0.25) is 9.69 Å². The number of amides is 1. The molecule has 180 valence electrons. The van der Waals surface area contributed by atoms with Gasteiger partial charge in [-0.1, -0.05) is 12.1 Å². The third kappa shape index (κ3) is 6.40. The second-order valence-electron chi connectivity index (χ2n) is 9.12. The molecule has 0 aliphatic carbocycles. The predicted molar refractivity (Wildman–Crippen MR) is 134 cm³/mol. The fraction of sp³-hybridized carbons (Fsp3) is 0.500. The van der Waals surface area contributed by atoms with Crippen LogP contribution < -0.4 is 14.8 Å². The predicted octanol–water partition coefficient (Wildman–Crippen LogP) is 4.30. The maximum Gasteiger partial charge on any atom is 0.228 e. The van der Waals surface area contributed by atoms with Crippen molar-refractivity contribution in [1.29, 1.82) is 0 Å². The summed E-state index contributed by atoms with van der Waals surface area (Å²) in [4.78, 5) is 17.8. The first-order valence-electron chi connectivity index (χ1n) is 11.6. The van der Waals surface area contributed by atoms with Gasteiger partial charge in [-0.2, -0.15) is 0 Å². The summed E-state index contributed by atoms with van der Waals surface area (Å²) in [7, 11) is 5.52. The summed E-state index contributed by atoms with van der Waals surface area (Å²) in [5.74, 6) is 2.53. The maximum absolute atomic E-state index is 12.9. The molecule has 2 aromatic rings. The number of ether oxygens (including phenoxy) is 2. The van der Waals surface area contributed by atoms with Crippen LogP contribution in [0.2, 0.25) is 0 Å². The van der Waals surface area contributed by atoms with Crippen LogP contribution in [-0.4, -0.2) is 62.7 Å². The molecule has 2 heterocycles. The monoisotopic (exact) mass is 473 g/mol. The highest BCUT2D eigenvalue weighted by atomic mass is 35.5. The van der Waals surface area contributed by atoms with E-state index in [2.05, 4.69) is 34.3 Å². The van der Waals surface area contributed by atoms with Gasteiger partial charge in [0.1, 0.15) is 11.5 Å². The Hall–Kier alpha value is -2.28. The molecule has 0 bridgehead atoms. The van der Waals surface area contributed by atoms with Crippen LogP contribution in [-0.2, 0) is 11.3 Å². The van der Waals surface area contributed by atoms with E-state index in [0.29, 0.717) is 12.0 Å². The van der Waals surface area contributed by atoms with E-state index in [0.717, 1.165) is 49.8 Å². The first-order chi connectivity index (χ1) is 15.6. The van der Waals surface area contributed by atoms with Crippen molar-refractivity contribution in [3.8, 4) is 11.5 Å². The van der Waals surface area contributed by atoms with Crippen LogP contribution in [0.5, 0.6) is 11.5 Å². The van der Waals surface area contributed by atoms with Crippen molar-refractivity contribution in [2.45, 2.75) is 31.8 Å². The van der Waals surface area contributed by atoms with Crippen LogP contribution in [0.1, 0.15) is 24.8 Å². The van der Waals surface area contributed by atoms with Gasteiger partial charge >= 0.3 is 0 Å². The van der Waals surface area contributed by atoms with Gasteiger partial charge < -0.3 is 19.7 Å². The Morgan fingerprint density at radius 2 is 1.55 bits per heavy atom. The van der Waals surface area contributed by atoms with E-state index in [4.69, 9.17) is 9.47 Å². The van der Waals surface area contributed by atoms with Gasteiger partial charge in [0, 0.05) is 24.8 Å². The first kappa shape index (κ1) is 25.3. The summed E-state index contributed by atoms with van der Waals surface area (Å²) in [6, 6.07) is 16.4. The largest absolute Gasteiger partial charge is 0.497 e. The topological polar surface area (TPSA) is 54.0 Å². The van der Waals surface area contributed by atoms with Crippen LogP contribution in [0, 0.1) is 11.8 Å². The Kier molecular flexibility index (Phi) is 9.01. The number of nitrogens with zero attached hydrogens (tertiary/aromatic N) is 2. The van der Waals surface area contributed by atoms with Gasteiger partial charge in [-0.25, -0.2) is 0 Å². The summed E-state index contributed by atoms with van der Waals surface area (Å²) in [6.45, 7) is 4.05. The van der Waals surface area contributed by atoms with Gasteiger partial charge in [0.2, 0.25) is 5.91 Å². The number of benzene rings is 2. The Bertz CT molecular complexity index is 883. The fourth-order valence-corrected chi connectivity index (χ4v) is 5.17. The maximum atomic E-state index is 12.9. The van der Waals surface area contributed by atoms with Crippen LogP contribution in [0.25, 0.3) is 0 Å². The van der Waals surface area contributed by atoms with Gasteiger partial charge in [0.05, 0.1) is 20.1 Å². The summed E-state index contributed by atoms with van der Waals surface area (Å²) in [5.41, 5.74) is 2.16. The number of carbonyl (C=O) groups excluding carboxylic acids is 1. The zero-order valence-corrected chi connectivity index (χ0v) is 20.6. The SMILES string of the molecule is COc1ccc(CN2CCC(C3CC(C(=O)Nc4ccc(OC)cc4)CN3C)CC2)cc1.Cl. The van der Waals surface area contributed by atoms with E-state index >= 15 is 0 Å². The molecule has 6 nitrogen and oxygen atoms in total. The van der Waals surface area contributed by atoms with Gasteiger partial charge in [0.15, 0.2) is 0 Å². The lowest BCUT2D eigenvalue weighted by atomic mass is 9.86.